The third-order valence-corrected chi connectivity index (χ3v) is 2.76. The SMILES string of the molecule is COCCSc1ccccc1C(=N)N. The van der Waals surface area contributed by atoms with Crippen LogP contribution in [0.5, 0.6) is 0 Å². The maximum absolute atomic E-state index is 7.39. The fourth-order valence-electron chi connectivity index (χ4n) is 1.05. The molecule has 3 N–H and O–H groups in total. The molecule has 0 aliphatic rings. The van der Waals surface area contributed by atoms with Gasteiger partial charge in [0.25, 0.3) is 0 Å². The Bertz CT molecular complexity index is 315. The van der Waals surface area contributed by atoms with Gasteiger partial charge in [-0.1, -0.05) is 18.2 Å². The molecule has 0 aliphatic heterocycles. The summed E-state index contributed by atoms with van der Waals surface area (Å²) in [4.78, 5) is 1.04. The Morgan fingerprint density at radius 3 is 2.86 bits per heavy atom. The summed E-state index contributed by atoms with van der Waals surface area (Å²) in [7, 11) is 1.68. The van der Waals surface area contributed by atoms with E-state index in [-0.39, 0.29) is 5.84 Å². The Balaban J connectivity index is 2.69. The van der Waals surface area contributed by atoms with Gasteiger partial charge in [-0.25, -0.2) is 0 Å². The molecular formula is C10H14N2OS. The average molecular weight is 210 g/mol. The first-order chi connectivity index (χ1) is 6.75. The lowest BCUT2D eigenvalue weighted by atomic mass is 10.2. The summed E-state index contributed by atoms with van der Waals surface area (Å²) in [5.74, 6) is 0.992. The molecule has 0 fully saturated rings. The van der Waals surface area contributed by atoms with Gasteiger partial charge in [-0.15, -0.1) is 11.8 Å². The molecule has 76 valence electrons. The number of thioether (sulfide) groups is 1. The highest BCUT2D eigenvalue weighted by atomic mass is 32.2. The molecule has 0 spiro atoms. The second-order valence-corrected chi connectivity index (χ2v) is 3.89. The first-order valence-corrected chi connectivity index (χ1v) is 5.29. The van der Waals surface area contributed by atoms with Crippen molar-refractivity contribution in [3.8, 4) is 0 Å². The molecule has 0 saturated heterocycles. The predicted octanol–water partition coefficient (Wildman–Crippen LogP) is 1.71. The molecule has 0 aromatic heterocycles. The number of hydrogen-bond donors (Lipinski definition) is 2. The highest BCUT2D eigenvalue weighted by molar-refractivity contribution is 7.99. The second kappa shape index (κ2) is 5.67. The Morgan fingerprint density at radius 2 is 2.21 bits per heavy atom. The largest absolute Gasteiger partial charge is 0.384 e. The van der Waals surface area contributed by atoms with Crippen molar-refractivity contribution in [2.75, 3.05) is 19.5 Å². The zero-order chi connectivity index (χ0) is 10.4. The Labute approximate surface area is 88.2 Å². The van der Waals surface area contributed by atoms with Crippen LogP contribution in [0.2, 0.25) is 0 Å². The Morgan fingerprint density at radius 1 is 1.50 bits per heavy atom. The van der Waals surface area contributed by atoms with Crippen LogP contribution in [0.25, 0.3) is 0 Å². The average Bonchev–Trinajstić information content (AvgIpc) is 2.19. The molecule has 1 aromatic carbocycles. The minimum atomic E-state index is 0.116. The summed E-state index contributed by atoms with van der Waals surface area (Å²) >= 11 is 1.65. The van der Waals surface area contributed by atoms with Crippen LogP contribution in [0, 0.1) is 5.41 Å². The van der Waals surface area contributed by atoms with Crippen molar-refractivity contribution >= 4 is 17.6 Å². The number of ether oxygens (including phenoxy) is 1. The van der Waals surface area contributed by atoms with E-state index < -0.39 is 0 Å². The highest BCUT2D eigenvalue weighted by Crippen LogP contribution is 2.21. The molecule has 0 heterocycles. The molecule has 4 heteroatoms. The van der Waals surface area contributed by atoms with E-state index in [9.17, 15) is 0 Å². The van der Waals surface area contributed by atoms with Crippen molar-refractivity contribution in [3.63, 3.8) is 0 Å². The van der Waals surface area contributed by atoms with Gasteiger partial charge in [0.15, 0.2) is 0 Å². The highest BCUT2D eigenvalue weighted by Gasteiger charge is 2.03. The van der Waals surface area contributed by atoms with Gasteiger partial charge in [-0.2, -0.15) is 0 Å². The minimum Gasteiger partial charge on any atom is -0.384 e. The number of benzene rings is 1. The van der Waals surface area contributed by atoms with Gasteiger partial charge in [0.05, 0.1) is 6.61 Å². The zero-order valence-electron chi connectivity index (χ0n) is 8.12. The van der Waals surface area contributed by atoms with Crippen molar-refractivity contribution in [2.45, 2.75) is 4.90 Å². The summed E-state index contributed by atoms with van der Waals surface area (Å²) in [6, 6.07) is 7.66. The number of nitrogens with two attached hydrogens (primary N) is 1. The van der Waals surface area contributed by atoms with Crippen LogP contribution in [-0.2, 0) is 4.74 Å². The molecule has 1 rings (SSSR count). The maximum Gasteiger partial charge on any atom is 0.123 e. The molecule has 0 atom stereocenters. The summed E-state index contributed by atoms with van der Waals surface area (Å²) in [5.41, 5.74) is 6.26. The monoisotopic (exact) mass is 210 g/mol. The minimum absolute atomic E-state index is 0.116. The van der Waals surface area contributed by atoms with Gasteiger partial charge in [0.2, 0.25) is 0 Å². The fraction of sp³-hybridized carbons (Fsp3) is 0.300. The van der Waals surface area contributed by atoms with Crippen molar-refractivity contribution in [3.05, 3.63) is 29.8 Å². The van der Waals surface area contributed by atoms with E-state index >= 15 is 0 Å². The molecular weight excluding hydrogens is 196 g/mol. The molecule has 0 bridgehead atoms. The normalized spacial score (nSPS) is 10.1. The van der Waals surface area contributed by atoms with E-state index in [4.69, 9.17) is 15.9 Å². The molecule has 3 nitrogen and oxygen atoms in total. The van der Waals surface area contributed by atoms with Crippen molar-refractivity contribution in [2.24, 2.45) is 5.73 Å². The van der Waals surface area contributed by atoms with Crippen molar-refractivity contribution in [1.29, 1.82) is 5.41 Å². The van der Waals surface area contributed by atoms with Gasteiger partial charge in [0.1, 0.15) is 5.84 Å². The van der Waals surface area contributed by atoms with E-state index in [0.717, 1.165) is 16.2 Å². The van der Waals surface area contributed by atoms with Crippen LogP contribution < -0.4 is 5.73 Å². The maximum atomic E-state index is 7.39. The van der Waals surface area contributed by atoms with Crippen LogP contribution in [-0.4, -0.2) is 25.3 Å². The summed E-state index contributed by atoms with van der Waals surface area (Å²) in [6.45, 7) is 0.705. The number of nitrogens with one attached hydrogen (secondary N) is 1. The van der Waals surface area contributed by atoms with Crippen LogP contribution in [0.3, 0.4) is 0 Å². The van der Waals surface area contributed by atoms with Gasteiger partial charge < -0.3 is 10.5 Å². The fourth-order valence-corrected chi connectivity index (χ4v) is 2.03. The Hall–Kier alpha value is -1.00. The van der Waals surface area contributed by atoms with Crippen molar-refractivity contribution < 1.29 is 4.74 Å². The smallest absolute Gasteiger partial charge is 0.123 e. The predicted molar refractivity (Wildman–Crippen MR) is 60.1 cm³/mol. The number of rotatable bonds is 5. The van der Waals surface area contributed by atoms with E-state index in [1.807, 2.05) is 24.3 Å². The molecule has 0 saturated carbocycles. The number of methoxy groups -OCH3 is 1. The van der Waals surface area contributed by atoms with Gasteiger partial charge in [-0.3, -0.25) is 5.41 Å². The van der Waals surface area contributed by atoms with E-state index in [2.05, 4.69) is 0 Å². The zero-order valence-corrected chi connectivity index (χ0v) is 8.93. The molecule has 0 radical (unpaired) electrons. The molecule has 0 amide bonds. The van der Waals surface area contributed by atoms with Crippen LogP contribution >= 0.6 is 11.8 Å². The van der Waals surface area contributed by atoms with Crippen molar-refractivity contribution in [1.82, 2.24) is 0 Å². The topological polar surface area (TPSA) is 59.1 Å². The third-order valence-electron chi connectivity index (χ3n) is 1.72. The first kappa shape index (κ1) is 11.1. The van der Waals surface area contributed by atoms with Crippen LogP contribution in [0.4, 0.5) is 0 Å². The van der Waals surface area contributed by atoms with E-state index in [1.54, 1.807) is 18.9 Å². The Kier molecular flexibility index (Phi) is 4.49. The lowest BCUT2D eigenvalue weighted by Gasteiger charge is -2.06. The second-order valence-electron chi connectivity index (χ2n) is 2.75. The van der Waals surface area contributed by atoms with Gasteiger partial charge in [-0.05, 0) is 6.07 Å². The van der Waals surface area contributed by atoms with Gasteiger partial charge >= 0.3 is 0 Å². The number of nitrogen functional groups attached to an aromatic ring is 1. The van der Waals surface area contributed by atoms with E-state index in [1.165, 1.54) is 0 Å². The lowest BCUT2D eigenvalue weighted by molar-refractivity contribution is 0.218. The summed E-state index contributed by atoms with van der Waals surface area (Å²) in [6.07, 6.45) is 0. The lowest BCUT2D eigenvalue weighted by Crippen LogP contribution is -2.12. The number of amidine groups is 1. The van der Waals surface area contributed by atoms with E-state index in [0.29, 0.717) is 6.61 Å². The van der Waals surface area contributed by atoms with Crippen LogP contribution in [0.15, 0.2) is 29.2 Å². The number of hydrogen-bond acceptors (Lipinski definition) is 3. The van der Waals surface area contributed by atoms with Gasteiger partial charge in [0, 0.05) is 23.3 Å². The van der Waals surface area contributed by atoms with Crippen LogP contribution in [0.1, 0.15) is 5.56 Å². The summed E-state index contributed by atoms with van der Waals surface area (Å²) in [5, 5.41) is 7.39. The molecule has 1 aromatic rings. The standard InChI is InChI=1S/C10H14N2OS/c1-13-6-7-14-9-5-3-2-4-8(9)10(11)12/h2-5H,6-7H2,1H3,(H3,11,12). The quantitative estimate of drug-likeness (QED) is 0.336. The summed E-state index contributed by atoms with van der Waals surface area (Å²) < 4.78 is 4.96. The molecule has 14 heavy (non-hydrogen) atoms. The first-order valence-electron chi connectivity index (χ1n) is 4.31. The molecule has 0 aliphatic carbocycles. The molecule has 0 unspecified atom stereocenters. The third kappa shape index (κ3) is 3.05.